The lowest BCUT2D eigenvalue weighted by Gasteiger charge is -2.20. The van der Waals surface area contributed by atoms with E-state index in [1.807, 2.05) is 20.8 Å². The molecule has 0 bridgehead atoms. The molecule has 0 fully saturated rings. The first kappa shape index (κ1) is 14.8. The number of nitrogens with two attached hydrogens (primary N) is 1. The molecular formula is C13H19ClN2O2. The minimum absolute atomic E-state index is 0.0358. The molecule has 1 amide bonds. The number of amides is 1. The SMILES string of the molecule is CC(C)(C)NC(=O)COc1ccc(Cl)cc1CN. The zero-order chi connectivity index (χ0) is 13.8. The Balaban J connectivity index is 2.61. The van der Waals surface area contributed by atoms with Crippen molar-refractivity contribution in [3.8, 4) is 5.75 Å². The highest BCUT2D eigenvalue weighted by molar-refractivity contribution is 6.30. The van der Waals surface area contributed by atoms with Gasteiger partial charge in [-0.1, -0.05) is 11.6 Å². The molecule has 5 heteroatoms. The second-order valence-corrected chi connectivity index (χ2v) is 5.48. The Hall–Kier alpha value is -1.26. The molecule has 1 aromatic carbocycles. The van der Waals surface area contributed by atoms with Crippen LogP contribution in [-0.2, 0) is 11.3 Å². The zero-order valence-corrected chi connectivity index (χ0v) is 11.7. The fraction of sp³-hybridized carbons (Fsp3) is 0.462. The van der Waals surface area contributed by atoms with Crippen LogP contribution in [0.1, 0.15) is 26.3 Å². The summed E-state index contributed by atoms with van der Waals surface area (Å²) in [6, 6.07) is 5.16. The molecule has 0 radical (unpaired) electrons. The third-order valence-corrected chi connectivity index (χ3v) is 2.35. The lowest BCUT2D eigenvalue weighted by atomic mass is 10.1. The van der Waals surface area contributed by atoms with Crippen LogP contribution < -0.4 is 15.8 Å². The predicted octanol–water partition coefficient (Wildman–Crippen LogP) is 2.09. The van der Waals surface area contributed by atoms with Crippen molar-refractivity contribution in [1.82, 2.24) is 5.32 Å². The number of halogens is 1. The molecule has 1 aromatic rings. The maximum atomic E-state index is 11.6. The normalized spacial score (nSPS) is 11.2. The van der Waals surface area contributed by atoms with E-state index in [1.165, 1.54) is 0 Å². The standard InChI is InChI=1S/C13H19ClN2O2/c1-13(2,3)16-12(17)8-18-11-5-4-10(14)6-9(11)7-15/h4-6H,7-8,15H2,1-3H3,(H,16,17). The van der Waals surface area contributed by atoms with Gasteiger partial charge < -0.3 is 15.8 Å². The predicted molar refractivity (Wildman–Crippen MR) is 72.7 cm³/mol. The van der Waals surface area contributed by atoms with Gasteiger partial charge in [-0.25, -0.2) is 0 Å². The number of hydrogen-bond acceptors (Lipinski definition) is 3. The highest BCUT2D eigenvalue weighted by atomic mass is 35.5. The van der Waals surface area contributed by atoms with Gasteiger partial charge >= 0.3 is 0 Å². The summed E-state index contributed by atoms with van der Waals surface area (Å²) in [5.74, 6) is 0.423. The summed E-state index contributed by atoms with van der Waals surface area (Å²) < 4.78 is 5.44. The second-order valence-electron chi connectivity index (χ2n) is 5.04. The van der Waals surface area contributed by atoms with Crippen LogP contribution in [0.4, 0.5) is 0 Å². The summed E-state index contributed by atoms with van der Waals surface area (Å²) >= 11 is 5.86. The second kappa shape index (κ2) is 6.07. The van der Waals surface area contributed by atoms with Crippen molar-refractivity contribution >= 4 is 17.5 Å². The van der Waals surface area contributed by atoms with Crippen molar-refractivity contribution in [2.75, 3.05) is 6.61 Å². The number of ether oxygens (including phenoxy) is 1. The van der Waals surface area contributed by atoms with E-state index < -0.39 is 0 Å². The van der Waals surface area contributed by atoms with Crippen LogP contribution in [0.3, 0.4) is 0 Å². The minimum atomic E-state index is -0.267. The Kier molecular flexibility index (Phi) is 4.99. The fourth-order valence-electron chi connectivity index (χ4n) is 1.45. The molecule has 0 aliphatic heterocycles. The number of hydrogen-bond donors (Lipinski definition) is 2. The largest absolute Gasteiger partial charge is 0.483 e. The van der Waals surface area contributed by atoms with Gasteiger partial charge in [0, 0.05) is 22.7 Å². The molecule has 0 heterocycles. The van der Waals surface area contributed by atoms with Gasteiger partial charge in [0.2, 0.25) is 0 Å². The topological polar surface area (TPSA) is 64.3 Å². The molecule has 0 atom stereocenters. The first-order chi connectivity index (χ1) is 8.31. The third-order valence-electron chi connectivity index (χ3n) is 2.12. The van der Waals surface area contributed by atoms with Gasteiger partial charge in [0.15, 0.2) is 6.61 Å². The van der Waals surface area contributed by atoms with Gasteiger partial charge in [0.25, 0.3) is 5.91 Å². The monoisotopic (exact) mass is 270 g/mol. The molecule has 0 aliphatic carbocycles. The molecule has 0 unspecified atom stereocenters. The van der Waals surface area contributed by atoms with Gasteiger partial charge in [0.1, 0.15) is 5.75 Å². The Labute approximate surface area is 112 Å². The maximum absolute atomic E-state index is 11.6. The van der Waals surface area contributed by atoms with Crippen LogP contribution in [0, 0.1) is 0 Å². The van der Waals surface area contributed by atoms with E-state index in [2.05, 4.69) is 5.32 Å². The van der Waals surface area contributed by atoms with Gasteiger partial charge in [-0.2, -0.15) is 0 Å². The van der Waals surface area contributed by atoms with Crippen LogP contribution in [0.2, 0.25) is 5.02 Å². The average Bonchev–Trinajstić information content (AvgIpc) is 2.24. The van der Waals surface area contributed by atoms with Crippen LogP contribution in [0.5, 0.6) is 5.75 Å². The Morgan fingerprint density at radius 3 is 2.67 bits per heavy atom. The van der Waals surface area contributed by atoms with Gasteiger partial charge in [-0.15, -0.1) is 0 Å². The van der Waals surface area contributed by atoms with Crippen LogP contribution in [0.25, 0.3) is 0 Å². The molecule has 1 rings (SSSR count). The average molecular weight is 271 g/mol. The van der Waals surface area contributed by atoms with E-state index in [1.54, 1.807) is 18.2 Å². The molecule has 100 valence electrons. The lowest BCUT2D eigenvalue weighted by Crippen LogP contribution is -2.43. The molecule has 0 aliphatic rings. The highest BCUT2D eigenvalue weighted by Gasteiger charge is 2.14. The quantitative estimate of drug-likeness (QED) is 0.881. The van der Waals surface area contributed by atoms with E-state index in [-0.39, 0.29) is 18.1 Å². The summed E-state index contributed by atoms with van der Waals surface area (Å²) in [4.78, 5) is 11.6. The Bertz CT molecular complexity index is 427. The number of benzene rings is 1. The zero-order valence-electron chi connectivity index (χ0n) is 10.9. The number of carbonyl (C=O) groups excluding carboxylic acids is 1. The number of rotatable bonds is 4. The third kappa shape index (κ3) is 4.94. The van der Waals surface area contributed by atoms with Gasteiger partial charge in [0.05, 0.1) is 0 Å². The minimum Gasteiger partial charge on any atom is -0.483 e. The fourth-order valence-corrected chi connectivity index (χ4v) is 1.64. The summed E-state index contributed by atoms with van der Waals surface area (Å²) in [7, 11) is 0. The lowest BCUT2D eigenvalue weighted by molar-refractivity contribution is -0.124. The summed E-state index contributed by atoms with van der Waals surface area (Å²) in [5.41, 5.74) is 6.11. The Morgan fingerprint density at radius 2 is 2.11 bits per heavy atom. The molecule has 0 saturated heterocycles. The highest BCUT2D eigenvalue weighted by Crippen LogP contribution is 2.22. The first-order valence-electron chi connectivity index (χ1n) is 5.74. The molecule has 0 spiro atoms. The summed E-state index contributed by atoms with van der Waals surface area (Å²) in [6.07, 6.45) is 0. The van der Waals surface area contributed by atoms with E-state index in [0.717, 1.165) is 5.56 Å². The van der Waals surface area contributed by atoms with Gasteiger partial charge in [-0.3, -0.25) is 4.79 Å². The van der Waals surface area contributed by atoms with Crippen molar-refractivity contribution in [3.63, 3.8) is 0 Å². The van der Waals surface area contributed by atoms with Crippen molar-refractivity contribution in [2.45, 2.75) is 32.9 Å². The Morgan fingerprint density at radius 1 is 1.44 bits per heavy atom. The number of nitrogens with one attached hydrogen (secondary N) is 1. The summed E-state index contributed by atoms with van der Waals surface area (Å²) in [6.45, 7) is 6.03. The molecule has 3 N–H and O–H groups in total. The van der Waals surface area contributed by atoms with Gasteiger partial charge in [-0.05, 0) is 39.0 Å². The molecule has 4 nitrogen and oxygen atoms in total. The van der Waals surface area contributed by atoms with Crippen molar-refractivity contribution < 1.29 is 9.53 Å². The molecular weight excluding hydrogens is 252 g/mol. The smallest absolute Gasteiger partial charge is 0.258 e. The van der Waals surface area contributed by atoms with Crippen LogP contribution in [-0.4, -0.2) is 18.1 Å². The van der Waals surface area contributed by atoms with Crippen LogP contribution in [0.15, 0.2) is 18.2 Å². The van der Waals surface area contributed by atoms with Crippen molar-refractivity contribution in [3.05, 3.63) is 28.8 Å². The van der Waals surface area contributed by atoms with E-state index in [9.17, 15) is 4.79 Å². The molecule has 0 saturated carbocycles. The van der Waals surface area contributed by atoms with E-state index in [0.29, 0.717) is 17.3 Å². The van der Waals surface area contributed by atoms with Crippen LogP contribution >= 0.6 is 11.6 Å². The van der Waals surface area contributed by atoms with E-state index in [4.69, 9.17) is 22.1 Å². The maximum Gasteiger partial charge on any atom is 0.258 e. The van der Waals surface area contributed by atoms with E-state index >= 15 is 0 Å². The van der Waals surface area contributed by atoms with Crippen molar-refractivity contribution in [1.29, 1.82) is 0 Å². The molecule has 0 aromatic heterocycles. The van der Waals surface area contributed by atoms with Crippen molar-refractivity contribution in [2.24, 2.45) is 5.73 Å². The first-order valence-corrected chi connectivity index (χ1v) is 6.12. The molecule has 18 heavy (non-hydrogen) atoms. The number of carbonyl (C=O) groups is 1. The summed E-state index contributed by atoms with van der Waals surface area (Å²) in [5, 5.41) is 3.42.